The number of carbonyl (C=O) groups excluding carboxylic acids is 1. The molecule has 0 spiro atoms. The van der Waals surface area contributed by atoms with Crippen LogP contribution < -0.4 is 0 Å². The Labute approximate surface area is 108 Å². The third-order valence-electron chi connectivity index (χ3n) is 2.38. The van der Waals surface area contributed by atoms with Crippen LogP contribution in [0.25, 0.3) is 0 Å². The fraction of sp³-hybridized carbons (Fsp3) is 0.917. The SMILES string of the molecule is CC.CC(=O)C1OC(OC(C)C)C(O)C(O)C1O. The Morgan fingerprint density at radius 3 is 2.00 bits per heavy atom. The molecule has 6 nitrogen and oxygen atoms in total. The van der Waals surface area contributed by atoms with Crippen molar-refractivity contribution in [2.75, 3.05) is 0 Å². The number of ether oxygens (including phenoxy) is 2. The van der Waals surface area contributed by atoms with E-state index >= 15 is 0 Å². The first-order chi connectivity index (χ1) is 8.34. The lowest BCUT2D eigenvalue weighted by Crippen LogP contribution is -2.60. The molecule has 1 fully saturated rings. The maximum atomic E-state index is 11.2. The largest absolute Gasteiger partial charge is 0.387 e. The Kier molecular flexibility index (Phi) is 7.58. The molecule has 1 saturated heterocycles. The molecule has 0 aromatic rings. The van der Waals surface area contributed by atoms with Crippen LogP contribution in [0.2, 0.25) is 0 Å². The van der Waals surface area contributed by atoms with E-state index in [0.717, 1.165) is 0 Å². The van der Waals surface area contributed by atoms with Gasteiger partial charge in [-0.15, -0.1) is 0 Å². The van der Waals surface area contributed by atoms with Crippen molar-refractivity contribution in [3.63, 3.8) is 0 Å². The Balaban J connectivity index is 0.00000137. The summed E-state index contributed by atoms with van der Waals surface area (Å²) >= 11 is 0. The summed E-state index contributed by atoms with van der Waals surface area (Å²) in [5.74, 6) is -0.421. The topological polar surface area (TPSA) is 96.2 Å². The number of Topliss-reactive ketones (excluding diaryl/α,β-unsaturated/α-hetero) is 1. The maximum absolute atomic E-state index is 11.2. The third kappa shape index (κ3) is 4.29. The molecule has 0 saturated carbocycles. The van der Waals surface area contributed by atoms with E-state index in [2.05, 4.69) is 0 Å². The van der Waals surface area contributed by atoms with Gasteiger partial charge in [0.15, 0.2) is 12.1 Å². The smallest absolute Gasteiger partial charge is 0.187 e. The van der Waals surface area contributed by atoms with Crippen LogP contribution in [0, 0.1) is 0 Å². The minimum Gasteiger partial charge on any atom is -0.387 e. The van der Waals surface area contributed by atoms with E-state index in [1.54, 1.807) is 13.8 Å². The number of aliphatic hydroxyl groups excluding tert-OH is 3. The van der Waals surface area contributed by atoms with E-state index in [1.807, 2.05) is 13.8 Å². The van der Waals surface area contributed by atoms with Crippen molar-refractivity contribution >= 4 is 5.78 Å². The van der Waals surface area contributed by atoms with Crippen molar-refractivity contribution < 1.29 is 29.6 Å². The summed E-state index contributed by atoms with van der Waals surface area (Å²) in [5.41, 5.74) is 0. The minimum absolute atomic E-state index is 0.227. The van der Waals surface area contributed by atoms with E-state index in [1.165, 1.54) is 6.92 Å². The molecule has 0 aromatic heterocycles. The summed E-state index contributed by atoms with van der Waals surface area (Å²) in [6.07, 6.45) is -6.75. The van der Waals surface area contributed by atoms with Crippen LogP contribution in [-0.2, 0) is 14.3 Å². The third-order valence-corrected chi connectivity index (χ3v) is 2.38. The molecular weight excluding hydrogens is 240 g/mol. The van der Waals surface area contributed by atoms with Gasteiger partial charge in [-0.25, -0.2) is 0 Å². The highest BCUT2D eigenvalue weighted by atomic mass is 16.7. The van der Waals surface area contributed by atoms with Crippen molar-refractivity contribution in [1.29, 1.82) is 0 Å². The molecule has 5 atom stereocenters. The number of rotatable bonds is 3. The zero-order valence-electron chi connectivity index (χ0n) is 11.5. The number of hydrogen-bond acceptors (Lipinski definition) is 6. The van der Waals surface area contributed by atoms with Crippen LogP contribution in [0.5, 0.6) is 0 Å². The fourth-order valence-electron chi connectivity index (χ4n) is 1.56. The minimum atomic E-state index is -1.45. The van der Waals surface area contributed by atoms with Crippen molar-refractivity contribution in [2.45, 2.75) is 71.4 Å². The highest BCUT2D eigenvalue weighted by Crippen LogP contribution is 2.23. The van der Waals surface area contributed by atoms with Crippen LogP contribution in [0.15, 0.2) is 0 Å². The molecule has 108 valence electrons. The molecule has 5 unspecified atom stereocenters. The average Bonchev–Trinajstić information content (AvgIpc) is 2.31. The summed E-state index contributed by atoms with van der Waals surface area (Å²) < 4.78 is 10.3. The van der Waals surface area contributed by atoms with E-state index in [9.17, 15) is 20.1 Å². The second-order valence-corrected chi connectivity index (χ2v) is 4.19. The van der Waals surface area contributed by atoms with Gasteiger partial charge in [0.1, 0.15) is 24.4 Å². The maximum Gasteiger partial charge on any atom is 0.187 e. The number of hydrogen-bond donors (Lipinski definition) is 3. The molecule has 0 aromatic carbocycles. The number of carbonyl (C=O) groups is 1. The van der Waals surface area contributed by atoms with E-state index in [0.29, 0.717) is 0 Å². The predicted octanol–water partition coefficient (Wildman–Crippen LogP) is -0.166. The fourth-order valence-corrected chi connectivity index (χ4v) is 1.56. The van der Waals surface area contributed by atoms with Gasteiger partial charge in [-0.05, 0) is 20.8 Å². The molecule has 0 amide bonds. The molecule has 1 rings (SSSR count). The summed E-state index contributed by atoms with van der Waals surface area (Å²) in [6, 6.07) is 0. The first-order valence-corrected chi connectivity index (χ1v) is 6.20. The van der Waals surface area contributed by atoms with Gasteiger partial charge < -0.3 is 24.8 Å². The highest BCUT2D eigenvalue weighted by Gasteiger charge is 2.46. The van der Waals surface area contributed by atoms with Gasteiger partial charge in [-0.3, -0.25) is 4.79 Å². The standard InChI is InChI=1S/C10H18O6.C2H6/c1-4(2)15-10-8(14)6(12)7(13)9(16-10)5(3)11;1-2/h4,6-10,12-14H,1-3H3;1-2H3. The molecule has 0 aliphatic carbocycles. The van der Waals surface area contributed by atoms with Crippen molar-refractivity contribution in [1.82, 2.24) is 0 Å². The van der Waals surface area contributed by atoms with Gasteiger partial charge in [-0.2, -0.15) is 0 Å². The summed E-state index contributed by atoms with van der Waals surface area (Å²) in [7, 11) is 0. The lowest BCUT2D eigenvalue weighted by Gasteiger charge is -2.39. The van der Waals surface area contributed by atoms with Crippen LogP contribution in [0.3, 0.4) is 0 Å². The number of aliphatic hydroxyl groups is 3. The van der Waals surface area contributed by atoms with Crippen molar-refractivity contribution in [3.8, 4) is 0 Å². The lowest BCUT2D eigenvalue weighted by atomic mass is 9.97. The zero-order valence-corrected chi connectivity index (χ0v) is 11.5. The van der Waals surface area contributed by atoms with Crippen LogP contribution in [0.1, 0.15) is 34.6 Å². The molecular formula is C12H24O6. The highest BCUT2D eigenvalue weighted by molar-refractivity contribution is 5.81. The average molecular weight is 264 g/mol. The van der Waals surface area contributed by atoms with E-state index in [4.69, 9.17) is 9.47 Å². The molecule has 1 aliphatic rings. The zero-order chi connectivity index (χ0) is 14.5. The lowest BCUT2D eigenvalue weighted by molar-refractivity contribution is -0.297. The Bertz CT molecular complexity index is 255. The van der Waals surface area contributed by atoms with Gasteiger partial charge in [0.2, 0.25) is 0 Å². The van der Waals surface area contributed by atoms with Crippen LogP contribution in [0.4, 0.5) is 0 Å². The molecule has 0 radical (unpaired) electrons. The van der Waals surface area contributed by atoms with E-state index in [-0.39, 0.29) is 6.10 Å². The normalized spacial score (nSPS) is 35.9. The second kappa shape index (κ2) is 7.81. The van der Waals surface area contributed by atoms with Crippen molar-refractivity contribution in [3.05, 3.63) is 0 Å². The van der Waals surface area contributed by atoms with Gasteiger partial charge >= 0.3 is 0 Å². The summed E-state index contributed by atoms with van der Waals surface area (Å²) in [6.45, 7) is 8.71. The predicted molar refractivity (Wildman–Crippen MR) is 64.9 cm³/mol. The molecule has 18 heavy (non-hydrogen) atoms. The second-order valence-electron chi connectivity index (χ2n) is 4.19. The van der Waals surface area contributed by atoms with E-state index < -0.39 is 36.5 Å². The quantitative estimate of drug-likeness (QED) is 0.655. The van der Waals surface area contributed by atoms with Crippen LogP contribution in [-0.4, -0.2) is 57.9 Å². The summed E-state index contributed by atoms with van der Waals surface area (Å²) in [5, 5.41) is 28.6. The van der Waals surface area contributed by atoms with Gasteiger partial charge in [0, 0.05) is 0 Å². The first kappa shape index (κ1) is 17.5. The van der Waals surface area contributed by atoms with Crippen molar-refractivity contribution in [2.24, 2.45) is 0 Å². The molecule has 1 heterocycles. The molecule has 3 N–H and O–H groups in total. The first-order valence-electron chi connectivity index (χ1n) is 6.20. The summed E-state index contributed by atoms with van der Waals surface area (Å²) in [4.78, 5) is 11.2. The Hall–Kier alpha value is -0.530. The van der Waals surface area contributed by atoms with Gasteiger partial charge in [0.25, 0.3) is 0 Å². The molecule has 1 aliphatic heterocycles. The Morgan fingerprint density at radius 2 is 1.61 bits per heavy atom. The van der Waals surface area contributed by atoms with Gasteiger partial charge in [0.05, 0.1) is 6.10 Å². The van der Waals surface area contributed by atoms with Gasteiger partial charge in [-0.1, -0.05) is 13.8 Å². The molecule has 6 heteroatoms. The van der Waals surface area contributed by atoms with Crippen LogP contribution >= 0.6 is 0 Å². The monoisotopic (exact) mass is 264 g/mol. The molecule has 0 bridgehead atoms. The number of ketones is 1. The Morgan fingerprint density at radius 1 is 1.11 bits per heavy atom.